The number of benzene rings is 2. The Bertz CT molecular complexity index is 810. The van der Waals surface area contributed by atoms with Crippen LogP contribution in [0.15, 0.2) is 42.5 Å². The van der Waals surface area contributed by atoms with Crippen molar-refractivity contribution in [2.75, 3.05) is 34.7 Å². The molecule has 1 amide bonds. The molecule has 2 aromatic rings. The molecule has 2 aromatic carbocycles. The van der Waals surface area contributed by atoms with E-state index >= 15 is 0 Å². The van der Waals surface area contributed by atoms with Crippen molar-refractivity contribution >= 4 is 29.1 Å². The van der Waals surface area contributed by atoms with Gasteiger partial charge < -0.3 is 14.9 Å². The van der Waals surface area contributed by atoms with Gasteiger partial charge in [-0.25, -0.2) is 0 Å². The lowest BCUT2D eigenvalue weighted by Gasteiger charge is -2.36. The molecule has 0 heterocycles. The highest BCUT2D eigenvalue weighted by Gasteiger charge is 2.41. The van der Waals surface area contributed by atoms with Gasteiger partial charge in [0.15, 0.2) is 5.75 Å². The van der Waals surface area contributed by atoms with Crippen LogP contribution in [0.5, 0.6) is 5.75 Å². The number of likely N-dealkylation sites (N-methyl/N-ethyl adjacent to an activating group) is 1. The zero-order valence-electron chi connectivity index (χ0n) is 16.9. The summed E-state index contributed by atoms with van der Waals surface area (Å²) < 4.78 is 0. The van der Waals surface area contributed by atoms with E-state index in [1.54, 1.807) is 31.1 Å². The summed E-state index contributed by atoms with van der Waals surface area (Å²) in [6, 6.07) is 13.2. The van der Waals surface area contributed by atoms with E-state index in [0.717, 1.165) is 18.5 Å². The largest absolute Gasteiger partial charge is 0.505 e. The van der Waals surface area contributed by atoms with E-state index < -0.39 is 5.41 Å². The molecule has 0 aliphatic rings. The van der Waals surface area contributed by atoms with Crippen molar-refractivity contribution in [3.63, 3.8) is 0 Å². The minimum Gasteiger partial charge on any atom is -0.505 e. The summed E-state index contributed by atoms with van der Waals surface area (Å²) in [7, 11) is 7.58. The molecule has 0 radical (unpaired) electrons. The van der Waals surface area contributed by atoms with Gasteiger partial charge in [0.05, 0.1) is 15.5 Å². The Labute approximate surface area is 177 Å². The Balaban J connectivity index is 2.58. The lowest BCUT2D eigenvalue weighted by molar-refractivity contribution is -0.135. The van der Waals surface area contributed by atoms with Crippen molar-refractivity contribution < 1.29 is 9.90 Å². The molecule has 0 saturated carbocycles. The number of phenols is 1. The highest BCUT2D eigenvalue weighted by Crippen LogP contribution is 2.41. The first-order valence-electron chi connectivity index (χ1n) is 9.27. The quantitative estimate of drug-likeness (QED) is 0.675. The summed E-state index contributed by atoms with van der Waals surface area (Å²) in [5.41, 5.74) is 0.857. The Hall–Kier alpha value is -1.75. The highest BCUT2D eigenvalue weighted by atomic mass is 35.5. The van der Waals surface area contributed by atoms with Crippen LogP contribution in [0.2, 0.25) is 10.0 Å². The van der Waals surface area contributed by atoms with E-state index in [0.29, 0.717) is 18.4 Å². The summed E-state index contributed by atoms with van der Waals surface area (Å²) in [6.45, 7) is 0.870. The predicted octanol–water partition coefficient (Wildman–Crippen LogP) is 4.61. The molecule has 0 aromatic heterocycles. The average molecular weight is 423 g/mol. The molecule has 1 N–H and O–H groups in total. The molecule has 0 spiro atoms. The first-order chi connectivity index (χ1) is 13.2. The van der Waals surface area contributed by atoms with Gasteiger partial charge >= 0.3 is 0 Å². The number of hydrogen-bond acceptors (Lipinski definition) is 3. The van der Waals surface area contributed by atoms with E-state index in [9.17, 15) is 9.90 Å². The van der Waals surface area contributed by atoms with Crippen LogP contribution >= 0.6 is 23.2 Å². The van der Waals surface area contributed by atoms with Crippen molar-refractivity contribution in [2.45, 2.75) is 24.7 Å². The molecule has 1 unspecified atom stereocenters. The molecule has 0 aliphatic carbocycles. The molecule has 2 rings (SSSR count). The lowest BCUT2D eigenvalue weighted by Crippen LogP contribution is -2.46. The molecule has 1 atom stereocenters. The van der Waals surface area contributed by atoms with Crippen LogP contribution in [0.25, 0.3) is 0 Å². The van der Waals surface area contributed by atoms with Gasteiger partial charge in [0.2, 0.25) is 5.91 Å². The van der Waals surface area contributed by atoms with Crippen LogP contribution in [0, 0.1) is 0 Å². The van der Waals surface area contributed by atoms with E-state index in [1.165, 1.54) is 0 Å². The number of carbonyl (C=O) groups is 1. The second-order valence-corrected chi connectivity index (χ2v) is 8.39. The molecule has 0 saturated heterocycles. The van der Waals surface area contributed by atoms with Crippen molar-refractivity contribution in [1.29, 1.82) is 0 Å². The van der Waals surface area contributed by atoms with Gasteiger partial charge in [-0.3, -0.25) is 4.79 Å². The van der Waals surface area contributed by atoms with Gasteiger partial charge in [0.1, 0.15) is 0 Å². The zero-order chi connectivity index (χ0) is 20.9. The van der Waals surface area contributed by atoms with Crippen LogP contribution in [-0.4, -0.2) is 55.5 Å². The number of hydrogen-bond donors (Lipinski definition) is 1. The fourth-order valence-electron chi connectivity index (χ4n) is 3.57. The molecule has 0 bridgehead atoms. The number of amides is 1. The normalized spacial score (nSPS) is 13.4. The van der Waals surface area contributed by atoms with E-state index in [-0.39, 0.29) is 21.7 Å². The molecule has 6 heteroatoms. The summed E-state index contributed by atoms with van der Waals surface area (Å²) in [5.74, 6) is -0.128. The maximum Gasteiger partial charge on any atom is 0.233 e. The predicted molar refractivity (Wildman–Crippen MR) is 116 cm³/mol. The number of phenolic OH excluding ortho intramolecular Hbond substituents is 1. The second kappa shape index (κ2) is 9.64. The fourth-order valence-corrected chi connectivity index (χ4v) is 4.00. The number of aromatic hydroxyl groups is 1. The maximum absolute atomic E-state index is 13.5. The zero-order valence-corrected chi connectivity index (χ0v) is 18.4. The molecular formula is C22H28Cl2N2O2. The minimum absolute atomic E-state index is 0.0166. The smallest absolute Gasteiger partial charge is 0.233 e. The van der Waals surface area contributed by atoms with Crippen molar-refractivity contribution in [3.05, 3.63) is 63.6 Å². The van der Waals surface area contributed by atoms with E-state index in [1.807, 2.05) is 44.4 Å². The molecule has 4 nitrogen and oxygen atoms in total. The first-order valence-corrected chi connectivity index (χ1v) is 10.0. The summed E-state index contributed by atoms with van der Waals surface area (Å²) >= 11 is 12.4. The summed E-state index contributed by atoms with van der Waals surface area (Å²) in [5, 5.41) is 10.6. The Morgan fingerprint density at radius 3 is 2.25 bits per heavy atom. The second-order valence-electron chi connectivity index (χ2n) is 7.60. The average Bonchev–Trinajstić information content (AvgIpc) is 2.67. The van der Waals surface area contributed by atoms with Gasteiger partial charge in [0.25, 0.3) is 0 Å². The Morgan fingerprint density at radius 1 is 1.04 bits per heavy atom. The third kappa shape index (κ3) is 4.99. The van der Waals surface area contributed by atoms with Crippen LogP contribution in [0.3, 0.4) is 0 Å². The van der Waals surface area contributed by atoms with Crippen LogP contribution < -0.4 is 0 Å². The van der Waals surface area contributed by atoms with Crippen LogP contribution in [-0.2, 0) is 16.6 Å². The molecule has 152 valence electrons. The lowest BCUT2D eigenvalue weighted by atomic mass is 9.71. The van der Waals surface area contributed by atoms with Gasteiger partial charge in [0, 0.05) is 14.1 Å². The topological polar surface area (TPSA) is 43.8 Å². The molecule has 0 fully saturated rings. The summed E-state index contributed by atoms with van der Waals surface area (Å²) in [4.78, 5) is 17.2. The first kappa shape index (κ1) is 22.5. The van der Waals surface area contributed by atoms with Gasteiger partial charge in [-0.1, -0.05) is 59.6 Å². The molecular weight excluding hydrogens is 395 g/mol. The number of rotatable bonds is 8. The molecule has 0 aliphatic heterocycles. The monoisotopic (exact) mass is 422 g/mol. The fraction of sp³-hybridized carbons (Fsp3) is 0.409. The van der Waals surface area contributed by atoms with Gasteiger partial charge in [-0.2, -0.15) is 0 Å². The molecule has 28 heavy (non-hydrogen) atoms. The minimum atomic E-state index is -0.787. The van der Waals surface area contributed by atoms with Gasteiger partial charge in [-0.05, 0) is 57.1 Å². The Morgan fingerprint density at radius 2 is 1.68 bits per heavy atom. The van der Waals surface area contributed by atoms with E-state index in [2.05, 4.69) is 4.90 Å². The summed E-state index contributed by atoms with van der Waals surface area (Å²) in [6.07, 6.45) is 1.88. The van der Waals surface area contributed by atoms with Crippen molar-refractivity contribution in [3.8, 4) is 5.75 Å². The van der Waals surface area contributed by atoms with Crippen LogP contribution in [0.1, 0.15) is 24.0 Å². The highest BCUT2D eigenvalue weighted by molar-refractivity contribution is 6.37. The number of halogens is 2. The van der Waals surface area contributed by atoms with E-state index in [4.69, 9.17) is 23.2 Å². The third-order valence-corrected chi connectivity index (χ3v) is 5.72. The third-order valence-electron chi connectivity index (χ3n) is 4.99. The van der Waals surface area contributed by atoms with Gasteiger partial charge in [-0.15, -0.1) is 0 Å². The SMILES string of the molecule is CN(C)CCCC(Cc1ccc(Cl)c(O)c1Cl)(C(=O)N(C)C)c1ccccc1. The van der Waals surface area contributed by atoms with Crippen molar-refractivity contribution in [1.82, 2.24) is 9.80 Å². The van der Waals surface area contributed by atoms with Crippen molar-refractivity contribution in [2.24, 2.45) is 0 Å². The van der Waals surface area contributed by atoms with Crippen LogP contribution in [0.4, 0.5) is 0 Å². The number of carbonyl (C=O) groups excluding carboxylic acids is 1. The Kier molecular flexibility index (Phi) is 7.76. The standard InChI is InChI=1S/C22H28Cl2N2O2/c1-25(2)14-8-13-22(21(28)26(3)4,17-9-6-5-7-10-17)15-16-11-12-18(23)20(27)19(16)24/h5-7,9-12,27H,8,13-15H2,1-4H3. The number of nitrogens with zero attached hydrogens (tertiary/aromatic N) is 2. The maximum atomic E-state index is 13.5.